The highest BCUT2D eigenvalue weighted by molar-refractivity contribution is 6.06. The fraction of sp³-hybridized carbons (Fsp3) is 0.405. The molecule has 59 heavy (non-hydrogen) atoms. The fourth-order valence-electron chi connectivity index (χ4n) is 9.09. The molecular formula is C42H42F2N10O5. The van der Waals surface area contributed by atoms with E-state index in [1.165, 1.54) is 22.8 Å². The highest BCUT2D eigenvalue weighted by Crippen LogP contribution is 2.37. The molecule has 4 fully saturated rings. The monoisotopic (exact) mass is 804 g/mol. The lowest BCUT2D eigenvalue weighted by atomic mass is 9.89. The van der Waals surface area contributed by atoms with Gasteiger partial charge in [-0.25, -0.2) is 18.1 Å². The van der Waals surface area contributed by atoms with Crippen molar-refractivity contribution in [2.75, 3.05) is 56.6 Å². The zero-order valence-corrected chi connectivity index (χ0v) is 32.4. The van der Waals surface area contributed by atoms with E-state index in [2.05, 4.69) is 25.5 Å². The Morgan fingerprint density at radius 2 is 1.68 bits per heavy atom. The zero-order valence-electron chi connectivity index (χ0n) is 32.4. The number of carbonyl (C=O) groups excluding carboxylic acids is 4. The maximum Gasteiger partial charge on any atom is 0.274 e. The van der Waals surface area contributed by atoms with Gasteiger partial charge in [-0.2, -0.15) is 10.2 Å². The number of nitrogens with zero attached hydrogens (tertiary/aromatic N) is 8. The van der Waals surface area contributed by atoms with E-state index in [1.807, 2.05) is 27.9 Å². The number of carbonyl (C=O) groups is 4. The Balaban J connectivity index is 0.760. The third-order valence-corrected chi connectivity index (χ3v) is 12.4. The van der Waals surface area contributed by atoms with Gasteiger partial charge in [0.15, 0.2) is 0 Å². The molecule has 1 aliphatic carbocycles. The van der Waals surface area contributed by atoms with Crippen molar-refractivity contribution in [1.82, 2.24) is 34.5 Å². The molecule has 15 nitrogen and oxygen atoms in total. The summed E-state index contributed by atoms with van der Waals surface area (Å²) >= 11 is 0. The van der Waals surface area contributed by atoms with E-state index < -0.39 is 29.4 Å². The first-order valence-corrected chi connectivity index (χ1v) is 19.9. The number of hydrogen-bond donors (Lipinski definition) is 2. The van der Waals surface area contributed by atoms with Crippen molar-refractivity contribution in [2.24, 2.45) is 5.92 Å². The average Bonchev–Trinajstić information content (AvgIpc) is 3.84. The number of hydrogen-bond acceptors (Lipinski definition) is 9. The number of piperazine rings is 1. The number of imide groups is 1. The summed E-state index contributed by atoms with van der Waals surface area (Å²) < 4.78 is 39.4. The van der Waals surface area contributed by atoms with Gasteiger partial charge in [-0.1, -0.05) is 0 Å². The normalized spacial score (nSPS) is 21.6. The van der Waals surface area contributed by atoms with Gasteiger partial charge in [0, 0.05) is 80.6 Å². The molecule has 3 aliphatic heterocycles. The summed E-state index contributed by atoms with van der Waals surface area (Å²) in [6, 6.07) is 11.8. The van der Waals surface area contributed by atoms with Crippen LogP contribution in [0.4, 0.5) is 25.8 Å². The van der Waals surface area contributed by atoms with Gasteiger partial charge in [-0.15, -0.1) is 0 Å². The number of benzene rings is 2. The maximum atomic E-state index is 15.1. The minimum atomic E-state index is -1.05. The molecule has 0 unspecified atom stereocenters. The molecule has 3 aromatic heterocycles. The first-order valence-electron chi connectivity index (χ1n) is 19.9. The molecule has 304 valence electrons. The Hall–Kier alpha value is -6.41. The average molecular weight is 805 g/mol. The summed E-state index contributed by atoms with van der Waals surface area (Å²) in [5.74, 6) is -3.93. The van der Waals surface area contributed by atoms with E-state index in [9.17, 15) is 19.2 Å². The van der Waals surface area contributed by atoms with Crippen LogP contribution in [0, 0.1) is 24.1 Å². The Bertz CT molecular complexity index is 2520. The summed E-state index contributed by atoms with van der Waals surface area (Å²) in [5, 5.41) is 15.1. The molecule has 0 radical (unpaired) electrons. The second-order valence-electron chi connectivity index (χ2n) is 15.8. The second-order valence-corrected chi connectivity index (χ2v) is 15.8. The fourth-order valence-corrected chi connectivity index (χ4v) is 9.09. The first kappa shape index (κ1) is 38.1. The number of ether oxygens (including phenoxy) is 1. The lowest BCUT2D eigenvalue weighted by molar-refractivity contribution is -0.138. The van der Waals surface area contributed by atoms with Gasteiger partial charge < -0.3 is 19.9 Å². The van der Waals surface area contributed by atoms with Gasteiger partial charge in [0.25, 0.3) is 5.91 Å². The van der Waals surface area contributed by atoms with E-state index in [1.54, 1.807) is 30.2 Å². The van der Waals surface area contributed by atoms with E-state index in [0.29, 0.717) is 66.2 Å². The first-order chi connectivity index (χ1) is 28.6. The molecule has 5 aromatic rings. The Morgan fingerprint density at radius 1 is 0.949 bits per heavy atom. The highest BCUT2D eigenvalue weighted by atomic mass is 19.1. The van der Waals surface area contributed by atoms with Crippen LogP contribution in [-0.2, 0) is 14.4 Å². The lowest BCUT2D eigenvalue weighted by Gasteiger charge is -2.45. The van der Waals surface area contributed by atoms with Crippen LogP contribution in [0.15, 0.2) is 54.9 Å². The predicted molar refractivity (Wildman–Crippen MR) is 212 cm³/mol. The Labute approximate surface area is 337 Å². The molecule has 4 amide bonds. The number of methoxy groups -OCH3 is 1. The summed E-state index contributed by atoms with van der Waals surface area (Å²) in [6.07, 6.45) is 7.44. The Morgan fingerprint density at radius 3 is 2.37 bits per heavy atom. The summed E-state index contributed by atoms with van der Waals surface area (Å²) in [4.78, 5) is 60.0. The number of amides is 4. The molecule has 6 heterocycles. The third-order valence-electron chi connectivity index (χ3n) is 12.4. The minimum absolute atomic E-state index is 0.0256. The van der Waals surface area contributed by atoms with Crippen molar-refractivity contribution in [2.45, 2.75) is 56.5 Å². The van der Waals surface area contributed by atoms with Crippen LogP contribution in [0.1, 0.15) is 66.5 Å². The van der Waals surface area contributed by atoms with Gasteiger partial charge in [0.05, 0.1) is 54.5 Å². The van der Waals surface area contributed by atoms with E-state index >= 15 is 8.78 Å². The van der Waals surface area contributed by atoms with Crippen molar-refractivity contribution in [3.63, 3.8) is 0 Å². The molecule has 3 saturated heterocycles. The van der Waals surface area contributed by atoms with Crippen LogP contribution < -0.4 is 20.3 Å². The van der Waals surface area contributed by atoms with Crippen LogP contribution in [-0.4, -0.2) is 105 Å². The van der Waals surface area contributed by atoms with Crippen molar-refractivity contribution in [3.8, 4) is 5.75 Å². The second kappa shape index (κ2) is 15.4. The van der Waals surface area contributed by atoms with Crippen molar-refractivity contribution in [1.29, 1.82) is 0 Å². The number of anilines is 2. The Kier molecular flexibility index (Phi) is 9.95. The highest BCUT2D eigenvalue weighted by Gasteiger charge is 2.39. The molecule has 1 saturated carbocycles. The van der Waals surface area contributed by atoms with E-state index in [0.717, 1.165) is 49.7 Å². The number of halogens is 2. The van der Waals surface area contributed by atoms with Crippen molar-refractivity contribution < 1.29 is 32.7 Å². The summed E-state index contributed by atoms with van der Waals surface area (Å²) in [6.45, 7) is 10.8. The molecular weight excluding hydrogens is 763 g/mol. The predicted octanol–water partition coefficient (Wildman–Crippen LogP) is 5.06. The number of aromatic nitrogens is 4. The molecule has 2 N–H and O–H groups in total. The molecule has 17 heteroatoms. The number of nitrogens with one attached hydrogen (secondary N) is 2. The van der Waals surface area contributed by atoms with Crippen LogP contribution in [0.5, 0.6) is 5.75 Å². The molecule has 0 bridgehead atoms. The summed E-state index contributed by atoms with van der Waals surface area (Å²) in [7, 11) is 1.55. The molecule has 0 spiro atoms. The quantitative estimate of drug-likeness (QED) is 0.162. The number of rotatable bonds is 8. The SMILES string of the molecule is [C-]#[N+]c1cnn2c(C(=O)Nc3cc4cn(C5CCC(N6CCN(C(=O)C7CN(c8cc(F)c([C@H]9CCC(=O)NC9=O)c(F)c8)C7)CC6)CC5)nc4cc3OC)ccc2c1. The zero-order chi connectivity index (χ0) is 40.9. The van der Waals surface area contributed by atoms with Gasteiger partial charge in [0.2, 0.25) is 23.4 Å². The van der Waals surface area contributed by atoms with Gasteiger partial charge in [0.1, 0.15) is 23.1 Å². The number of fused-ring (bicyclic) bond motifs is 2. The molecule has 2 aromatic carbocycles. The third kappa shape index (κ3) is 7.22. The van der Waals surface area contributed by atoms with Gasteiger partial charge in [-0.3, -0.25) is 34.1 Å². The van der Waals surface area contributed by atoms with E-state index in [4.69, 9.17) is 16.4 Å². The van der Waals surface area contributed by atoms with Crippen LogP contribution in [0.2, 0.25) is 0 Å². The molecule has 9 rings (SSSR count). The van der Waals surface area contributed by atoms with Crippen LogP contribution in [0.25, 0.3) is 21.3 Å². The van der Waals surface area contributed by atoms with Crippen molar-refractivity contribution >= 4 is 57.1 Å². The van der Waals surface area contributed by atoms with Crippen molar-refractivity contribution in [3.05, 3.63) is 89.2 Å². The maximum absolute atomic E-state index is 15.1. The molecule has 1 atom stereocenters. The minimum Gasteiger partial charge on any atom is -0.494 e. The van der Waals surface area contributed by atoms with Crippen LogP contribution in [0.3, 0.4) is 0 Å². The lowest BCUT2D eigenvalue weighted by Crippen LogP contribution is -2.59. The van der Waals surface area contributed by atoms with Crippen LogP contribution >= 0.6 is 0 Å². The standard InChI is InChI=1S/C42H42F2N10O5/c1-45-26-16-29-7-9-36(54(29)46-20-26)41(57)47-35-15-24-23-53(49-34(24)19-37(35)59-2)28-5-3-27(4-6-28)50-11-13-51(14-12-50)42(58)25-21-52(22-25)30-17-32(43)39(33(44)18-30)31-8-10-38(55)48-40(31)56/h7,9,15-20,23,25,27-28,31H,3-6,8,10-14,21-22H2,2H3,(H,47,57)(H,48,55,56)/t27?,28?,31-/m1/s1. The van der Waals surface area contributed by atoms with E-state index in [-0.39, 0.29) is 42.2 Å². The topological polar surface area (TPSA) is 151 Å². The smallest absolute Gasteiger partial charge is 0.274 e. The number of piperidine rings is 1. The molecule has 4 aliphatic rings. The van der Waals surface area contributed by atoms with Gasteiger partial charge >= 0.3 is 0 Å². The largest absolute Gasteiger partial charge is 0.494 e. The van der Waals surface area contributed by atoms with Gasteiger partial charge in [-0.05, 0) is 68.5 Å². The summed E-state index contributed by atoms with van der Waals surface area (Å²) in [5.41, 5.74) is 2.65.